The van der Waals surface area contributed by atoms with Crippen LogP contribution in [-0.2, 0) is 17.6 Å². The third-order valence-electron chi connectivity index (χ3n) is 6.03. The Hall–Kier alpha value is -1.92. The van der Waals surface area contributed by atoms with E-state index in [9.17, 15) is 4.79 Å². The first kappa shape index (κ1) is 22.3. The van der Waals surface area contributed by atoms with Gasteiger partial charge in [-0.15, -0.1) is 11.3 Å². The van der Waals surface area contributed by atoms with Crippen molar-refractivity contribution in [2.45, 2.75) is 70.7 Å². The monoisotopic (exact) mass is 453 g/mol. The second-order valence-corrected chi connectivity index (χ2v) is 11.2. The van der Waals surface area contributed by atoms with Crippen LogP contribution >= 0.6 is 23.1 Å². The van der Waals surface area contributed by atoms with Crippen LogP contribution in [0.5, 0.6) is 0 Å². The van der Waals surface area contributed by atoms with Crippen molar-refractivity contribution in [3.05, 3.63) is 46.1 Å². The molecule has 0 radical (unpaired) electrons. The van der Waals surface area contributed by atoms with Crippen molar-refractivity contribution in [1.82, 2.24) is 9.97 Å². The quantitative estimate of drug-likeness (QED) is 0.330. The standard InChI is InChI=1S/C25H31N3OS2/c1-14(2)17-7-6-8-18(15(3)4)23(17)28-21(29)12-30-24-22-19-10-9-16(5)11-20(19)31-25(22)27-13-26-24/h6-8,13-16H,9-12H2,1-5H3,(H,28,29)/t16-/m1/s1. The maximum absolute atomic E-state index is 13.0. The molecule has 0 fully saturated rings. The number of carbonyl (C=O) groups is 1. The van der Waals surface area contributed by atoms with Crippen LogP contribution in [0.2, 0.25) is 0 Å². The van der Waals surface area contributed by atoms with E-state index in [0.29, 0.717) is 17.6 Å². The number of aryl methyl sites for hydroxylation is 1. The predicted octanol–water partition coefficient (Wildman–Crippen LogP) is 6.79. The van der Waals surface area contributed by atoms with Gasteiger partial charge in [0.2, 0.25) is 5.91 Å². The van der Waals surface area contributed by atoms with E-state index in [4.69, 9.17) is 0 Å². The van der Waals surface area contributed by atoms with Crippen LogP contribution in [0.25, 0.3) is 10.2 Å². The van der Waals surface area contributed by atoms with E-state index < -0.39 is 0 Å². The average molecular weight is 454 g/mol. The molecule has 1 N–H and O–H groups in total. The van der Waals surface area contributed by atoms with Gasteiger partial charge in [-0.25, -0.2) is 9.97 Å². The third kappa shape index (κ3) is 4.65. The van der Waals surface area contributed by atoms with Gasteiger partial charge in [-0.05, 0) is 53.7 Å². The molecule has 1 aliphatic carbocycles. The molecule has 31 heavy (non-hydrogen) atoms. The summed E-state index contributed by atoms with van der Waals surface area (Å²) in [5, 5.41) is 5.34. The maximum atomic E-state index is 13.0. The first-order valence-electron chi connectivity index (χ1n) is 11.2. The fourth-order valence-electron chi connectivity index (χ4n) is 4.36. The van der Waals surface area contributed by atoms with E-state index in [0.717, 1.165) is 34.3 Å². The Bertz CT molecular complexity index is 1080. The minimum atomic E-state index is 0.0180. The van der Waals surface area contributed by atoms with E-state index in [2.05, 4.69) is 68.1 Å². The largest absolute Gasteiger partial charge is 0.325 e. The fraction of sp³-hybridized carbons (Fsp3) is 0.480. The fourth-order valence-corrected chi connectivity index (χ4v) is 6.60. The summed E-state index contributed by atoms with van der Waals surface area (Å²) in [5.41, 5.74) is 4.77. The number of aromatic nitrogens is 2. The molecule has 1 aliphatic rings. The van der Waals surface area contributed by atoms with E-state index in [1.54, 1.807) is 17.7 Å². The van der Waals surface area contributed by atoms with Crippen LogP contribution in [0.4, 0.5) is 5.69 Å². The molecule has 0 unspecified atom stereocenters. The Labute approximate surface area is 193 Å². The summed E-state index contributed by atoms with van der Waals surface area (Å²) < 4.78 is 0. The van der Waals surface area contributed by atoms with Crippen LogP contribution in [0, 0.1) is 5.92 Å². The number of thiophene rings is 1. The highest BCUT2D eigenvalue weighted by atomic mass is 32.2. The number of nitrogens with one attached hydrogen (secondary N) is 1. The average Bonchev–Trinajstić information content (AvgIpc) is 3.10. The number of thioether (sulfide) groups is 1. The van der Waals surface area contributed by atoms with Crippen molar-refractivity contribution in [1.29, 1.82) is 0 Å². The summed E-state index contributed by atoms with van der Waals surface area (Å²) >= 11 is 3.33. The molecule has 0 saturated carbocycles. The highest BCUT2D eigenvalue weighted by Crippen LogP contribution is 2.40. The molecule has 4 nitrogen and oxygen atoms in total. The molecule has 0 saturated heterocycles. The van der Waals surface area contributed by atoms with Gasteiger partial charge in [-0.1, -0.05) is 64.6 Å². The Kier molecular flexibility index (Phi) is 6.68. The number of hydrogen-bond donors (Lipinski definition) is 1. The van der Waals surface area contributed by atoms with Gasteiger partial charge in [0.1, 0.15) is 16.2 Å². The molecule has 2 aromatic heterocycles. The molecule has 0 spiro atoms. The van der Waals surface area contributed by atoms with Gasteiger partial charge in [0.05, 0.1) is 5.75 Å². The van der Waals surface area contributed by atoms with Gasteiger partial charge in [-0.2, -0.15) is 0 Å². The van der Waals surface area contributed by atoms with Gasteiger partial charge in [0.25, 0.3) is 0 Å². The molecule has 3 aromatic rings. The third-order valence-corrected chi connectivity index (χ3v) is 8.19. The van der Waals surface area contributed by atoms with Crippen LogP contribution in [0.1, 0.15) is 74.4 Å². The molecule has 1 atom stereocenters. The first-order chi connectivity index (χ1) is 14.8. The van der Waals surface area contributed by atoms with Crippen LogP contribution in [-0.4, -0.2) is 21.6 Å². The Morgan fingerprint density at radius 3 is 2.58 bits per heavy atom. The molecule has 2 heterocycles. The zero-order valence-electron chi connectivity index (χ0n) is 19.0. The van der Waals surface area contributed by atoms with Crippen LogP contribution in [0.15, 0.2) is 29.6 Å². The molecule has 0 bridgehead atoms. The normalized spacial score (nSPS) is 16.2. The number of hydrogen-bond acceptors (Lipinski definition) is 5. The van der Waals surface area contributed by atoms with Crippen LogP contribution < -0.4 is 5.32 Å². The van der Waals surface area contributed by atoms with Crippen LogP contribution in [0.3, 0.4) is 0 Å². The minimum Gasteiger partial charge on any atom is -0.325 e. The number of benzene rings is 1. The van der Waals surface area contributed by atoms with E-state index >= 15 is 0 Å². The van der Waals surface area contributed by atoms with Gasteiger partial charge in [0, 0.05) is 16.0 Å². The van der Waals surface area contributed by atoms with Gasteiger partial charge in [-0.3, -0.25) is 4.79 Å². The molecule has 6 heteroatoms. The molecular formula is C25H31N3OS2. The summed E-state index contributed by atoms with van der Waals surface area (Å²) in [6.07, 6.45) is 5.06. The highest BCUT2D eigenvalue weighted by molar-refractivity contribution is 8.00. The molecule has 0 aliphatic heterocycles. The number of nitrogens with zero attached hydrogens (tertiary/aromatic N) is 2. The second-order valence-electron chi connectivity index (χ2n) is 9.17. The lowest BCUT2D eigenvalue weighted by Crippen LogP contribution is -2.17. The van der Waals surface area contributed by atoms with Crippen molar-refractivity contribution in [3.8, 4) is 0 Å². The number of amides is 1. The number of fused-ring (bicyclic) bond motifs is 3. The van der Waals surface area contributed by atoms with Crippen molar-refractivity contribution in [3.63, 3.8) is 0 Å². The van der Waals surface area contributed by atoms with E-state index in [-0.39, 0.29) is 5.91 Å². The Morgan fingerprint density at radius 2 is 1.90 bits per heavy atom. The lowest BCUT2D eigenvalue weighted by molar-refractivity contribution is -0.113. The smallest absolute Gasteiger partial charge is 0.234 e. The number of para-hydroxylation sites is 1. The van der Waals surface area contributed by atoms with E-state index in [1.807, 2.05) is 0 Å². The minimum absolute atomic E-state index is 0.0180. The number of rotatable bonds is 6. The molecular weight excluding hydrogens is 422 g/mol. The zero-order chi connectivity index (χ0) is 22.1. The molecule has 1 amide bonds. The first-order valence-corrected chi connectivity index (χ1v) is 13.0. The number of anilines is 1. The summed E-state index contributed by atoms with van der Waals surface area (Å²) in [5.74, 6) is 1.79. The summed E-state index contributed by atoms with van der Waals surface area (Å²) in [4.78, 5) is 24.6. The predicted molar refractivity (Wildman–Crippen MR) is 133 cm³/mol. The van der Waals surface area contributed by atoms with Crippen molar-refractivity contribution < 1.29 is 4.79 Å². The molecule has 4 rings (SSSR count). The van der Waals surface area contributed by atoms with Crippen molar-refractivity contribution in [2.24, 2.45) is 5.92 Å². The Balaban J connectivity index is 1.55. The molecule has 1 aromatic carbocycles. The topological polar surface area (TPSA) is 54.9 Å². The lowest BCUT2D eigenvalue weighted by Gasteiger charge is -2.20. The van der Waals surface area contributed by atoms with E-state index in [1.165, 1.54) is 45.1 Å². The summed E-state index contributed by atoms with van der Waals surface area (Å²) in [6.45, 7) is 11.0. The molecule has 164 valence electrons. The van der Waals surface area contributed by atoms with Gasteiger partial charge in [0.15, 0.2) is 0 Å². The van der Waals surface area contributed by atoms with Crippen molar-refractivity contribution in [2.75, 3.05) is 11.1 Å². The van der Waals surface area contributed by atoms with Crippen molar-refractivity contribution >= 4 is 44.9 Å². The Morgan fingerprint density at radius 1 is 1.19 bits per heavy atom. The number of carbonyl (C=O) groups excluding carboxylic acids is 1. The summed E-state index contributed by atoms with van der Waals surface area (Å²) in [6, 6.07) is 6.32. The van der Waals surface area contributed by atoms with Gasteiger partial charge < -0.3 is 5.32 Å². The lowest BCUT2D eigenvalue weighted by atomic mass is 9.89. The highest BCUT2D eigenvalue weighted by Gasteiger charge is 2.23. The van der Waals surface area contributed by atoms with Gasteiger partial charge >= 0.3 is 0 Å². The summed E-state index contributed by atoms with van der Waals surface area (Å²) in [7, 11) is 0. The maximum Gasteiger partial charge on any atom is 0.234 e. The SMILES string of the molecule is CC(C)c1cccc(C(C)C)c1NC(=O)CSc1ncnc2sc3c(c12)CC[C@@H](C)C3. The zero-order valence-corrected chi connectivity index (χ0v) is 20.6. The second kappa shape index (κ2) is 9.29.